The van der Waals surface area contributed by atoms with Crippen LogP contribution in [0.3, 0.4) is 0 Å². The van der Waals surface area contributed by atoms with Crippen LogP contribution in [0.15, 0.2) is 60.8 Å². The van der Waals surface area contributed by atoms with Gasteiger partial charge >= 0.3 is 0 Å². The summed E-state index contributed by atoms with van der Waals surface area (Å²) >= 11 is 0. The fraction of sp³-hybridized carbons (Fsp3) is 0.308. The minimum absolute atomic E-state index is 0.0728. The standard InChI is InChI=1S/C26H28N4O3/c1-18-21(26(32)28-16-20-11-6-7-13-23(20)33-2)17-27-25(29-18)22-12-8-14-30(22)24(31)15-19-9-4-3-5-10-19/h3-7,9-11,13,17,22H,8,12,14-16H2,1-2H3,(H,28,32)/t22-/m1/s1. The zero-order valence-corrected chi connectivity index (χ0v) is 19.0. The van der Waals surface area contributed by atoms with Crippen LogP contribution < -0.4 is 10.1 Å². The van der Waals surface area contributed by atoms with Crippen molar-refractivity contribution in [2.24, 2.45) is 0 Å². The van der Waals surface area contributed by atoms with Crippen LogP contribution in [0.4, 0.5) is 0 Å². The number of benzene rings is 2. The Kier molecular flexibility index (Phi) is 6.98. The predicted octanol–water partition coefficient (Wildman–Crippen LogP) is 3.63. The van der Waals surface area contributed by atoms with Gasteiger partial charge in [0.05, 0.1) is 30.8 Å². The van der Waals surface area contributed by atoms with E-state index in [1.807, 2.05) is 59.5 Å². The minimum atomic E-state index is -0.242. The number of aromatic nitrogens is 2. The summed E-state index contributed by atoms with van der Waals surface area (Å²) in [6.45, 7) is 2.84. The molecule has 0 unspecified atom stereocenters. The molecule has 1 fully saturated rings. The topological polar surface area (TPSA) is 84.4 Å². The lowest BCUT2D eigenvalue weighted by atomic mass is 10.1. The molecule has 2 heterocycles. The van der Waals surface area contributed by atoms with E-state index in [1.54, 1.807) is 20.2 Å². The summed E-state index contributed by atoms with van der Waals surface area (Å²) in [7, 11) is 1.61. The van der Waals surface area contributed by atoms with Crippen LogP contribution in [0.5, 0.6) is 5.75 Å². The van der Waals surface area contributed by atoms with Crippen molar-refractivity contribution in [3.8, 4) is 5.75 Å². The van der Waals surface area contributed by atoms with E-state index in [9.17, 15) is 9.59 Å². The van der Waals surface area contributed by atoms with Crippen molar-refractivity contribution < 1.29 is 14.3 Å². The first-order chi connectivity index (χ1) is 16.1. The van der Waals surface area contributed by atoms with Gasteiger partial charge in [-0.15, -0.1) is 0 Å². The third kappa shape index (κ3) is 5.19. The lowest BCUT2D eigenvalue weighted by Gasteiger charge is -2.24. The van der Waals surface area contributed by atoms with E-state index in [0.717, 1.165) is 29.7 Å². The highest BCUT2D eigenvalue weighted by Gasteiger charge is 2.32. The number of nitrogens with one attached hydrogen (secondary N) is 1. The second kappa shape index (κ2) is 10.3. The minimum Gasteiger partial charge on any atom is -0.496 e. The number of amides is 2. The van der Waals surface area contributed by atoms with Crippen molar-refractivity contribution in [1.82, 2.24) is 20.2 Å². The van der Waals surface area contributed by atoms with E-state index in [1.165, 1.54) is 0 Å². The monoisotopic (exact) mass is 444 g/mol. The van der Waals surface area contributed by atoms with Crippen LogP contribution in [-0.4, -0.2) is 40.3 Å². The van der Waals surface area contributed by atoms with Crippen LogP contribution in [0.1, 0.15) is 51.9 Å². The molecule has 0 radical (unpaired) electrons. The number of carbonyl (C=O) groups is 2. The molecule has 4 rings (SSSR count). The Morgan fingerprint density at radius 2 is 1.88 bits per heavy atom. The Balaban J connectivity index is 1.44. The molecule has 7 heteroatoms. The molecule has 2 amide bonds. The Morgan fingerprint density at radius 1 is 1.12 bits per heavy atom. The Morgan fingerprint density at radius 3 is 2.64 bits per heavy atom. The summed E-state index contributed by atoms with van der Waals surface area (Å²) in [6, 6.07) is 17.1. The first-order valence-corrected chi connectivity index (χ1v) is 11.1. The lowest BCUT2D eigenvalue weighted by molar-refractivity contribution is -0.131. The van der Waals surface area contributed by atoms with Crippen LogP contribution in [0.2, 0.25) is 0 Å². The van der Waals surface area contributed by atoms with E-state index >= 15 is 0 Å². The van der Waals surface area contributed by atoms with Crippen LogP contribution in [0.25, 0.3) is 0 Å². The van der Waals surface area contributed by atoms with Crippen molar-refractivity contribution in [1.29, 1.82) is 0 Å². The summed E-state index contributed by atoms with van der Waals surface area (Å²) in [5.41, 5.74) is 2.91. The summed E-state index contributed by atoms with van der Waals surface area (Å²) in [5.74, 6) is 1.15. The lowest BCUT2D eigenvalue weighted by Crippen LogP contribution is -2.33. The van der Waals surface area contributed by atoms with Gasteiger partial charge in [-0.3, -0.25) is 9.59 Å². The Bertz CT molecular complexity index is 1130. The van der Waals surface area contributed by atoms with Crippen molar-refractivity contribution in [2.75, 3.05) is 13.7 Å². The van der Waals surface area contributed by atoms with Crippen LogP contribution in [0, 0.1) is 6.92 Å². The zero-order chi connectivity index (χ0) is 23.2. The van der Waals surface area contributed by atoms with E-state index < -0.39 is 0 Å². The number of carbonyl (C=O) groups excluding carboxylic acids is 2. The van der Waals surface area contributed by atoms with Gasteiger partial charge in [-0.05, 0) is 31.4 Å². The maximum atomic E-state index is 12.9. The quantitative estimate of drug-likeness (QED) is 0.602. The molecular weight excluding hydrogens is 416 g/mol. The van der Waals surface area contributed by atoms with Gasteiger partial charge in [-0.1, -0.05) is 48.5 Å². The predicted molar refractivity (Wildman–Crippen MR) is 125 cm³/mol. The summed E-state index contributed by atoms with van der Waals surface area (Å²) < 4.78 is 5.34. The SMILES string of the molecule is COc1ccccc1CNC(=O)c1cnc([C@H]2CCCN2C(=O)Cc2ccccc2)nc1C. The van der Waals surface area contributed by atoms with E-state index in [-0.39, 0.29) is 17.9 Å². The molecule has 170 valence electrons. The smallest absolute Gasteiger partial charge is 0.254 e. The highest BCUT2D eigenvalue weighted by molar-refractivity contribution is 5.94. The molecule has 33 heavy (non-hydrogen) atoms. The third-order valence-corrected chi connectivity index (χ3v) is 5.94. The molecular formula is C26H28N4O3. The molecule has 1 saturated heterocycles. The van der Waals surface area contributed by atoms with E-state index in [4.69, 9.17) is 4.74 Å². The Labute approximate surface area is 193 Å². The number of nitrogens with zero attached hydrogens (tertiary/aromatic N) is 3. The van der Waals surface area contributed by atoms with E-state index in [0.29, 0.717) is 36.6 Å². The van der Waals surface area contributed by atoms with Gasteiger partial charge in [0.2, 0.25) is 5.91 Å². The summed E-state index contributed by atoms with van der Waals surface area (Å²) in [6.07, 6.45) is 3.65. The number of para-hydroxylation sites is 1. The second-order valence-corrected chi connectivity index (χ2v) is 8.13. The number of ether oxygens (including phenoxy) is 1. The third-order valence-electron chi connectivity index (χ3n) is 5.94. The van der Waals surface area contributed by atoms with Crippen molar-refractivity contribution in [2.45, 2.75) is 38.8 Å². The average Bonchev–Trinajstić information content (AvgIpc) is 3.33. The first-order valence-electron chi connectivity index (χ1n) is 11.1. The molecule has 0 spiro atoms. The fourth-order valence-electron chi connectivity index (χ4n) is 4.19. The Hall–Kier alpha value is -3.74. The fourth-order valence-corrected chi connectivity index (χ4v) is 4.19. The molecule has 0 bridgehead atoms. The van der Waals surface area contributed by atoms with Gasteiger partial charge in [0.1, 0.15) is 5.75 Å². The van der Waals surface area contributed by atoms with E-state index in [2.05, 4.69) is 15.3 Å². The number of likely N-dealkylation sites (tertiary alicyclic amines) is 1. The van der Waals surface area contributed by atoms with Gasteiger partial charge in [-0.2, -0.15) is 0 Å². The molecule has 7 nitrogen and oxygen atoms in total. The maximum Gasteiger partial charge on any atom is 0.254 e. The van der Waals surface area contributed by atoms with Crippen molar-refractivity contribution >= 4 is 11.8 Å². The molecule has 0 aliphatic carbocycles. The van der Waals surface area contributed by atoms with Gasteiger partial charge in [-0.25, -0.2) is 9.97 Å². The average molecular weight is 445 g/mol. The highest BCUT2D eigenvalue weighted by atomic mass is 16.5. The zero-order valence-electron chi connectivity index (χ0n) is 19.0. The van der Waals surface area contributed by atoms with Gasteiger partial charge in [0, 0.05) is 24.8 Å². The normalized spacial score (nSPS) is 15.3. The molecule has 1 N–H and O–H groups in total. The van der Waals surface area contributed by atoms with Gasteiger partial charge in [0.15, 0.2) is 5.82 Å². The number of rotatable bonds is 7. The van der Waals surface area contributed by atoms with Crippen LogP contribution in [-0.2, 0) is 17.8 Å². The molecule has 1 aromatic heterocycles. The molecule has 0 saturated carbocycles. The molecule has 1 aliphatic heterocycles. The number of hydrogen-bond donors (Lipinski definition) is 1. The van der Waals surface area contributed by atoms with Crippen LogP contribution >= 0.6 is 0 Å². The van der Waals surface area contributed by atoms with Crippen molar-refractivity contribution in [3.63, 3.8) is 0 Å². The highest BCUT2D eigenvalue weighted by Crippen LogP contribution is 2.30. The number of aryl methyl sites for hydroxylation is 1. The largest absolute Gasteiger partial charge is 0.496 e. The van der Waals surface area contributed by atoms with Gasteiger partial charge < -0.3 is 15.0 Å². The summed E-state index contributed by atoms with van der Waals surface area (Å²) in [4.78, 5) is 36.6. The van der Waals surface area contributed by atoms with Crippen molar-refractivity contribution in [3.05, 3.63) is 89.0 Å². The first kappa shape index (κ1) is 22.5. The molecule has 3 aromatic rings. The molecule has 2 aromatic carbocycles. The maximum absolute atomic E-state index is 12.9. The molecule has 1 aliphatic rings. The molecule has 1 atom stereocenters. The van der Waals surface area contributed by atoms with Gasteiger partial charge in [0.25, 0.3) is 5.91 Å². The second-order valence-electron chi connectivity index (χ2n) is 8.13. The number of methoxy groups -OCH3 is 1. The summed E-state index contributed by atoms with van der Waals surface area (Å²) in [5, 5.41) is 2.91. The number of hydrogen-bond acceptors (Lipinski definition) is 5.